The Morgan fingerprint density at radius 1 is 1.43 bits per heavy atom. The van der Waals surface area contributed by atoms with E-state index in [0.717, 1.165) is 17.8 Å². The Morgan fingerprint density at radius 3 is 2.83 bits per heavy atom. The van der Waals surface area contributed by atoms with Crippen molar-refractivity contribution in [3.63, 3.8) is 0 Å². The Hall–Kier alpha value is -2.78. The highest BCUT2D eigenvalue weighted by Crippen LogP contribution is 2.27. The Balaban J connectivity index is 1.83. The number of carbonyl (C=O) groups is 1. The number of nitrogens with zero attached hydrogens (tertiary/aromatic N) is 2. The molecule has 0 saturated heterocycles. The largest absolute Gasteiger partial charge is 0.490 e. The number of carbonyl (C=O) groups excluding carboxylic acids is 1. The third kappa shape index (κ3) is 4.52. The smallest absolute Gasteiger partial charge is 0.328 e. The van der Waals surface area contributed by atoms with Crippen LogP contribution in [0.1, 0.15) is 27.6 Å². The van der Waals surface area contributed by atoms with Gasteiger partial charge in [-0.15, -0.1) is 0 Å². The maximum Gasteiger partial charge on any atom is 0.328 e. The van der Waals surface area contributed by atoms with Gasteiger partial charge in [0.25, 0.3) is 5.91 Å². The van der Waals surface area contributed by atoms with E-state index in [1.54, 1.807) is 6.92 Å². The van der Waals surface area contributed by atoms with Gasteiger partial charge in [0.1, 0.15) is 41.7 Å². The number of halogens is 3. The Labute approximate surface area is 177 Å². The predicted molar refractivity (Wildman–Crippen MR) is 106 cm³/mol. The molecule has 0 spiro atoms. The number of benzene rings is 1. The van der Waals surface area contributed by atoms with Gasteiger partial charge in [-0.2, -0.15) is 0 Å². The first-order chi connectivity index (χ1) is 14.2. The number of aliphatic hydroxyl groups excluding tert-OH is 1. The van der Waals surface area contributed by atoms with E-state index in [-0.39, 0.29) is 24.4 Å². The maximum absolute atomic E-state index is 13.7. The van der Waals surface area contributed by atoms with Crippen molar-refractivity contribution in [3.05, 3.63) is 57.5 Å². The number of ether oxygens (including phenoxy) is 1. The molecule has 1 aromatic carbocycles. The number of H-pyrrole nitrogens is 1. The molecule has 1 aliphatic heterocycles. The number of nitrogens with one attached hydrogen (secondary N) is 1. The molecule has 3 rings (SSSR count). The van der Waals surface area contributed by atoms with Gasteiger partial charge in [-0.05, 0) is 24.0 Å². The summed E-state index contributed by atoms with van der Waals surface area (Å²) in [6.45, 7) is 2.48. The van der Waals surface area contributed by atoms with E-state index < -0.39 is 31.1 Å². The topological polar surface area (TPSA) is 103 Å². The second-order valence-electron chi connectivity index (χ2n) is 7.03. The summed E-state index contributed by atoms with van der Waals surface area (Å²) >= 11 is 6.15. The Kier molecular flexibility index (Phi) is 6.52. The van der Waals surface area contributed by atoms with Crippen LogP contribution in [0.4, 0.5) is 8.78 Å². The van der Waals surface area contributed by atoms with E-state index in [9.17, 15) is 18.7 Å². The molecular weight excluding hydrogens is 418 g/mol. The van der Waals surface area contributed by atoms with Crippen molar-refractivity contribution in [2.45, 2.75) is 20.0 Å². The van der Waals surface area contributed by atoms with Crippen molar-refractivity contribution in [2.24, 2.45) is 5.73 Å². The predicted octanol–water partition coefficient (Wildman–Crippen LogP) is 1.84. The van der Waals surface area contributed by atoms with Gasteiger partial charge >= 0.3 is 5.82 Å². The highest BCUT2D eigenvalue weighted by atomic mass is 35.5. The Morgan fingerprint density at radius 2 is 2.17 bits per heavy atom. The number of aryl methyl sites for hydroxylation is 2. The van der Waals surface area contributed by atoms with Crippen LogP contribution in [0.15, 0.2) is 23.9 Å². The average molecular weight is 440 g/mol. The van der Waals surface area contributed by atoms with E-state index in [2.05, 4.69) is 9.97 Å². The van der Waals surface area contributed by atoms with Gasteiger partial charge in [0, 0.05) is 18.7 Å². The van der Waals surface area contributed by atoms with E-state index in [1.807, 2.05) is 6.92 Å². The summed E-state index contributed by atoms with van der Waals surface area (Å²) in [4.78, 5) is 22.0. The van der Waals surface area contributed by atoms with Crippen LogP contribution in [0.25, 0.3) is 5.57 Å². The molecule has 0 radical (unpaired) electrons. The molecule has 1 atom stereocenters. The van der Waals surface area contributed by atoms with Crippen LogP contribution in [0, 0.1) is 19.7 Å². The van der Waals surface area contributed by atoms with Crippen LogP contribution >= 0.6 is 11.6 Å². The summed E-state index contributed by atoms with van der Waals surface area (Å²) in [6.07, 6.45) is -1.37. The lowest BCUT2D eigenvalue weighted by molar-refractivity contribution is -0.396. The molecule has 0 bridgehead atoms. The van der Waals surface area contributed by atoms with Crippen LogP contribution < -0.4 is 15.5 Å². The maximum atomic E-state index is 13.7. The molecule has 160 valence electrons. The van der Waals surface area contributed by atoms with Gasteiger partial charge in [0.15, 0.2) is 5.69 Å². The molecule has 1 aromatic heterocycles. The molecule has 1 amide bonds. The van der Waals surface area contributed by atoms with Crippen LogP contribution in [-0.4, -0.2) is 53.4 Å². The van der Waals surface area contributed by atoms with Gasteiger partial charge < -0.3 is 20.5 Å². The van der Waals surface area contributed by atoms with Crippen molar-refractivity contribution in [3.8, 4) is 5.75 Å². The van der Waals surface area contributed by atoms with Crippen LogP contribution in [0.5, 0.6) is 5.75 Å². The standard InChI is InChI=1S/C20H21ClF2N4O3/c1-10-18(21)11(2)26-19(25-10)15-7-27(8-16(15)24)20(29)14-4-3-12(23)5-17(14)30-9-13(28)6-22/h3-5,13,28H,6-9,24H2,1-2H3/p+1. The second kappa shape index (κ2) is 8.93. The van der Waals surface area contributed by atoms with Gasteiger partial charge in [-0.25, -0.2) is 13.8 Å². The average Bonchev–Trinajstić information content (AvgIpc) is 3.11. The van der Waals surface area contributed by atoms with Crippen molar-refractivity contribution in [2.75, 3.05) is 26.4 Å². The molecule has 2 heterocycles. The fourth-order valence-corrected chi connectivity index (χ4v) is 3.19. The number of hydrogen-bond acceptors (Lipinski definition) is 5. The van der Waals surface area contributed by atoms with Crippen LogP contribution in [0.2, 0.25) is 5.02 Å². The highest BCUT2D eigenvalue weighted by molar-refractivity contribution is 6.31. The quantitative estimate of drug-likeness (QED) is 0.715. The van der Waals surface area contributed by atoms with Crippen molar-refractivity contribution in [1.82, 2.24) is 9.88 Å². The third-order valence-corrected chi connectivity index (χ3v) is 5.24. The molecule has 0 aliphatic carbocycles. The van der Waals surface area contributed by atoms with Crippen LogP contribution in [0.3, 0.4) is 0 Å². The summed E-state index contributed by atoms with van der Waals surface area (Å²) in [5, 5.41) is 9.88. The number of nitrogens with two attached hydrogens (primary N) is 1. The van der Waals surface area contributed by atoms with Crippen molar-refractivity contribution in [1.29, 1.82) is 0 Å². The molecule has 7 nitrogen and oxygen atoms in total. The number of alkyl halides is 1. The van der Waals surface area contributed by atoms with E-state index in [1.165, 1.54) is 11.0 Å². The zero-order valence-corrected chi connectivity index (χ0v) is 17.3. The lowest BCUT2D eigenvalue weighted by Gasteiger charge is -2.19. The summed E-state index contributed by atoms with van der Waals surface area (Å²) in [6, 6.07) is 3.43. The minimum absolute atomic E-state index is 0.0805. The normalized spacial score (nSPS) is 14.9. The van der Waals surface area contributed by atoms with Crippen molar-refractivity contribution >= 4 is 23.1 Å². The molecule has 1 aliphatic rings. The fraction of sp³-hybridized carbons (Fsp3) is 0.350. The third-order valence-electron chi connectivity index (χ3n) is 4.69. The lowest BCUT2D eigenvalue weighted by Crippen LogP contribution is -2.31. The number of aromatic nitrogens is 2. The fourth-order valence-electron chi connectivity index (χ4n) is 3.10. The van der Waals surface area contributed by atoms with Gasteiger partial charge in [0.05, 0.1) is 24.2 Å². The molecule has 4 N–H and O–H groups in total. The second-order valence-corrected chi connectivity index (χ2v) is 7.41. The number of hydrogen-bond donors (Lipinski definition) is 2. The lowest BCUT2D eigenvalue weighted by atomic mass is 10.1. The van der Waals surface area contributed by atoms with Gasteiger partial charge in [0.2, 0.25) is 0 Å². The molecular formula is C20H22ClF2N4O3+. The summed E-state index contributed by atoms with van der Waals surface area (Å²) in [5.41, 5.74) is 8.72. The van der Waals surface area contributed by atoms with Gasteiger partial charge in [-0.3, -0.25) is 4.79 Å². The number of aromatic amines is 1. The minimum Gasteiger partial charge on any atom is -0.490 e. The number of amides is 1. The minimum atomic E-state index is -1.37. The zero-order chi connectivity index (χ0) is 22.0. The molecule has 1 unspecified atom stereocenters. The van der Waals surface area contributed by atoms with Gasteiger partial charge in [-0.1, -0.05) is 11.6 Å². The Bertz CT molecular complexity index is 993. The first-order valence-electron chi connectivity index (χ1n) is 9.20. The SMILES string of the molecule is Cc1nc(C2=C(N)CN(C(=O)c3ccc(F)cc3OCC(O)CF)C2)[nH+]c(C)c1Cl. The monoisotopic (exact) mass is 439 g/mol. The number of rotatable bonds is 6. The molecule has 30 heavy (non-hydrogen) atoms. The van der Waals surface area contributed by atoms with E-state index >= 15 is 0 Å². The molecule has 10 heteroatoms. The van der Waals surface area contributed by atoms with E-state index in [4.69, 9.17) is 22.1 Å². The first-order valence-corrected chi connectivity index (χ1v) is 9.58. The van der Waals surface area contributed by atoms with E-state index in [0.29, 0.717) is 27.8 Å². The molecule has 0 fully saturated rings. The first kappa shape index (κ1) is 21.9. The summed E-state index contributed by atoms with van der Waals surface area (Å²) < 4.78 is 31.4. The zero-order valence-electron chi connectivity index (χ0n) is 16.5. The molecule has 0 saturated carbocycles. The summed E-state index contributed by atoms with van der Waals surface area (Å²) in [7, 11) is 0. The summed E-state index contributed by atoms with van der Waals surface area (Å²) in [5.74, 6) is -0.631. The highest BCUT2D eigenvalue weighted by Gasteiger charge is 2.32. The number of aliphatic hydroxyl groups is 1. The van der Waals surface area contributed by atoms with Crippen molar-refractivity contribution < 1.29 is 28.4 Å². The molecule has 2 aromatic rings. The van der Waals surface area contributed by atoms with Crippen LogP contribution in [-0.2, 0) is 0 Å².